The number of amides is 2. The molecule has 2 amide bonds. The van der Waals surface area contributed by atoms with Gasteiger partial charge in [0, 0.05) is 6.54 Å². The van der Waals surface area contributed by atoms with Crippen molar-refractivity contribution >= 4 is 23.5 Å². The topological polar surface area (TPSA) is 103 Å². The van der Waals surface area contributed by atoms with Crippen molar-refractivity contribution in [2.24, 2.45) is 5.92 Å². The number of carbonyl (C=O) groups is 3. The van der Waals surface area contributed by atoms with Crippen LogP contribution in [0.3, 0.4) is 0 Å². The maximum absolute atomic E-state index is 12.3. The number of rotatable bonds is 7. The van der Waals surface area contributed by atoms with E-state index in [0.717, 1.165) is 0 Å². The molecular formula is C21H22N2O6. The van der Waals surface area contributed by atoms with Crippen LogP contribution >= 0.6 is 0 Å². The molecule has 2 N–H and O–H groups in total. The predicted molar refractivity (Wildman–Crippen MR) is 105 cm³/mol. The number of carbonyl (C=O) groups excluding carboxylic acids is 3. The molecule has 0 unspecified atom stereocenters. The Morgan fingerprint density at radius 2 is 1.83 bits per heavy atom. The fourth-order valence-corrected chi connectivity index (χ4v) is 2.61. The number of para-hydroxylation sites is 1. The van der Waals surface area contributed by atoms with Crippen molar-refractivity contribution in [3.63, 3.8) is 0 Å². The second-order valence-corrected chi connectivity index (χ2v) is 6.84. The number of benzene rings is 2. The molecule has 0 aromatic heterocycles. The van der Waals surface area contributed by atoms with Crippen molar-refractivity contribution in [1.29, 1.82) is 0 Å². The Labute approximate surface area is 168 Å². The van der Waals surface area contributed by atoms with Crippen molar-refractivity contribution in [2.45, 2.75) is 13.8 Å². The maximum atomic E-state index is 12.3. The first-order valence-corrected chi connectivity index (χ1v) is 9.18. The van der Waals surface area contributed by atoms with Crippen LogP contribution in [-0.2, 0) is 9.53 Å². The first-order valence-electron chi connectivity index (χ1n) is 9.18. The van der Waals surface area contributed by atoms with E-state index in [2.05, 4.69) is 10.6 Å². The number of ether oxygens (including phenoxy) is 3. The summed E-state index contributed by atoms with van der Waals surface area (Å²) in [5, 5.41) is 5.41. The van der Waals surface area contributed by atoms with Gasteiger partial charge in [-0.25, -0.2) is 4.79 Å². The molecule has 2 aromatic carbocycles. The van der Waals surface area contributed by atoms with Crippen LogP contribution in [0.15, 0.2) is 42.5 Å². The molecule has 3 rings (SSSR count). The molecule has 1 heterocycles. The summed E-state index contributed by atoms with van der Waals surface area (Å²) in [6.07, 6.45) is 0. The van der Waals surface area contributed by atoms with Gasteiger partial charge in [0.1, 0.15) is 0 Å². The molecule has 1 aliphatic heterocycles. The Balaban J connectivity index is 1.57. The quantitative estimate of drug-likeness (QED) is 0.695. The fraction of sp³-hybridized carbons (Fsp3) is 0.286. The first-order chi connectivity index (χ1) is 13.9. The Hall–Kier alpha value is -3.55. The van der Waals surface area contributed by atoms with E-state index in [1.54, 1.807) is 30.3 Å². The largest absolute Gasteiger partial charge is 0.454 e. The third-order valence-electron chi connectivity index (χ3n) is 4.06. The highest BCUT2D eigenvalue weighted by Gasteiger charge is 2.18. The zero-order valence-electron chi connectivity index (χ0n) is 16.2. The van der Waals surface area contributed by atoms with Crippen LogP contribution in [-0.4, -0.2) is 37.7 Å². The van der Waals surface area contributed by atoms with Crippen molar-refractivity contribution < 1.29 is 28.6 Å². The number of hydrogen-bond donors (Lipinski definition) is 2. The monoisotopic (exact) mass is 398 g/mol. The van der Waals surface area contributed by atoms with Crippen molar-refractivity contribution in [2.75, 3.05) is 25.3 Å². The van der Waals surface area contributed by atoms with Gasteiger partial charge >= 0.3 is 5.97 Å². The van der Waals surface area contributed by atoms with Crippen molar-refractivity contribution in [3.05, 3.63) is 53.6 Å². The standard InChI is InChI=1S/C21H22N2O6/c1-13(2)10-22-20(25)15-5-3-4-6-16(15)23-19(24)11-27-21(26)14-7-8-17-18(9-14)29-12-28-17/h3-9,13H,10-12H2,1-2H3,(H,22,25)(H,23,24). The van der Waals surface area contributed by atoms with Crippen LogP contribution in [0.1, 0.15) is 34.6 Å². The van der Waals surface area contributed by atoms with Gasteiger partial charge < -0.3 is 24.8 Å². The summed E-state index contributed by atoms with van der Waals surface area (Å²) in [6, 6.07) is 11.3. The maximum Gasteiger partial charge on any atom is 0.338 e. The number of fused-ring (bicyclic) bond motifs is 1. The molecule has 2 aromatic rings. The second kappa shape index (κ2) is 9.09. The predicted octanol–water partition coefficient (Wildman–Crippen LogP) is 2.60. The molecule has 0 radical (unpaired) electrons. The lowest BCUT2D eigenvalue weighted by Crippen LogP contribution is -2.29. The van der Waals surface area contributed by atoms with Gasteiger partial charge in [-0.2, -0.15) is 0 Å². The molecule has 0 saturated heterocycles. The van der Waals surface area contributed by atoms with E-state index in [4.69, 9.17) is 14.2 Å². The molecule has 8 heteroatoms. The highest BCUT2D eigenvalue weighted by atomic mass is 16.7. The van der Waals surface area contributed by atoms with Crippen LogP contribution < -0.4 is 20.1 Å². The molecule has 0 aliphatic carbocycles. The third-order valence-corrected chi connectivity index (χ3v) is 4.06. The molecule has 29 heavy (non-hydrogen) atoms. The Morgan fingerprint density at radius 1 is 1.07 bits per heavy atom. The SMILES string of the molecule is CC(C)CNC(=O)c1ccccc1NC(=O)COC(=O)c1ccc2c(c1)OCO2. The van der Waals surface area contributed by atoms with Crippen molar-refractivity contribution in [1.82, 2.24) is 5.32 Å². The van der Waals surface area contributed by atoms with Crippen LogP contribution in [0.5, 0.6) is 11.5 Å². The minimum Gasteiger partial charge on any atom is -0.454 e. The Morgan fingerprint density at radius 3 is 2.62 bits per heavy atom. The van der Waals surface area contributed by atoms with Crippen LogP contribution in [0.25, 0.3) is 0 Å². The van der Waals surface area contributed by atoms with E-state index in [9.17, 15) is 14.4 Å². The van der Waals surface area contributed by atoms with Crippen LogP contribution in [0.4, 0.5) is 5.69 Å². The molecule has 8 nitrogen and oxygen atoms in total. The summed E-state index contributed by atoms with van der Waals surface area (Å²) in [4.78, 5) is 36.7. The highest BCUT2D eigenvalue weighted by Crippen LogP contribution is 2.32. The van der Waals surface area contributed by atoms with E-state index in [0.29, 0.717) is 35.2 Å². The summed E-state index contributed by atoms with van der Waals surface area (Å²) in [5.74, 6) is -0.204. The average Bonchev–Trinajstić information content (AvgIpc) is 3.18. The normalized spacial score (nSPS) is 11.8. The first kappa shape index (κ1) is 20.2. The van der Waals surface area contributed by atoms with Crippen LogP contribution in [0, 0.1) is 5.92 Å². The van der Waals surface area contributed by atoms with E-state index in [1.165, 1.54) is 12.1 Å². The van der Waals surface area contributed by atoms with Gasteiger partial charge in [0.2, 0.25) is 6.79 Å². The summed E-state index contributed by atoms with van der Waals surface area (Å²) < 4.78 is 15.5. The van der Waals surface area contributed by atoms with E-state index >= 15 is 0 Å². The lowest BCUT2D eigenvalue weighted by Gasteiger charge is -2.12. The van der Waals surface area contributed by atoms with Gasteiger partial charge in [0.25, 0.3) is 11.8 Å². The lowest BCUT2D eigenvalue weighted by molar-refractivity contribution is -0.119. The molecule has 0 bridgehead atoms. The van der Waals surface area contributed by atoms with Gasteiger partial charge in [-0.15, -0.1) is 0 Å². The van der Waals surface area contributed by atoms with Gasteiger partial charge in [-0.1, -0.05) is 26.0 Å². The molecule has 1 aliphatic rings. The summed E-state index contributed by atoms with van der Waals surface area (Å²) in [7, 11) is 0. The smallest absolute Gasteiger partial charge is 0.338 e. The number of nitrogens with one attached hydrogen (secondary N) is 2. The fourth-order valence-electron chi connectivity index (χ4n) is 2.61. The minimum absolute atomic E-state index is 0.0976. The molecule has 152 valence electrons. The van der Waals surface area contributed by atoms with Crippen LogP contribution in [0.2, 0.25) is 0 Å². The zero-order valence-corrected chi connectivity index (χ0v) is 16.2. The summed E-state index contributed by atoms with van der Waals surface area (Å²) in [5.41, 5.74) is 0.928. The molecule has 0 spiro atoms. The molecule has 0 fully saturated rings. The number of esters is 1. The van der Waals surface area contributed by atoms with Crippen molar-refractivity contribution in [3.8, 4) is 11.5 Å². The van der Waals surface area contributed by atoms with Gasteiger partial charge in [0.05, 0.1) is 16.8 Å². The third kappa shape index (κ3) is 5.25. The summed E-state index contributed by atoms with van der Waals surface area (Å²) in [6.45, 7) is 4.11. The minimum atomic E-state index is -0.665. The van der Waals surface area contributed by atoms with Gasteiger partial charge in [-0.05, 0) is 36.2 Å². The van der Waals surface area contributed by atoms with E-state index in [1.807, 2.05) is 13.8 Å². The Kier molecular flexibility index (Phi) is 6.33. The van der Waals surface area contributed by atoms with Gasteiger partial charge in [0.15, 0.2) is 18.1 Å². The highest BCUT2D eigenvalue weighted by molar-refractivity contribution is 6.04. The summed E-state index contributed by atoms with van der Waals surface area (Å²) >= 11 is 0. The lowest BCUT2D eigenvalue weighted by atomic mass is 10.1. The van der Waals surface area contributed by atoms with E-state index < -0.39 is 18.5 Å². The van der Waals surface area contributed by atoms with E-state index in [-0.39, 0.29) is 18.3 Å². The Bertz CT molecular complexity index is 925. The second-order valence-electron chi connectivity index (χ2n) is 6.84. The number of hydrogen-bond acceptors (Lipinski definition) is 6. The van der Waals surface area contributed by atoms with Gasteiger partial charge in [-0.3, -0.25) is 9.59 Å². The molecular weight excluding hydrogens is 376 g/mol. The molecule has 0 saturated carbocycles. The zero-order chi connectivity index (χ0) is 20.8. The molecule has 0 atom stereocenters. The number of anilines is 1. The average molecular weight is 398 g/mol.